The third-order valence-corrected chi connectivity index (χ3v) is 7.78. The normalized spacial score (nSPS) is 12.5. The lowest BCUT2D eigenvalue weighted by molar-refractivity contribution is 0.613. The second-order valence-electron chi connectivity index (χ2n) is 8.66. The van der Waals surface area contributed by atoms with Gasteiger partial charge in [0.2, 0.25) is 0 Å². The molecule has 1 N–H and O–H groups in total. The molecule has 0 bridgehead atoms. The lowest BCUT2D eigenvalue weighted by atomic mass is 9.87. The number of rotatable bonds is 3. The Hall–Kier alpha value is -3.93. The summed E-state index contributed by atoms with van der Waals surface area (Å²) in [6.45, 7) is 0. The van der Waals surface area contributed by atoms with E-state index in [9.17, 15) is 5.02 Å². The molecule has 1 aliphatic rings. The molecule has 7 rings (SSSR count). The predicted molar refractivity (Wildman–Crippen MR) is 147 cm³/mol. The van der Waals surface area contributed by atoms with Gasteiger partial charge in [-0.25, -0.2) is 0 Å². The standard InChI is InChI=1S/C30H20BNO2S/c33-31-24-10-6-9-23-22-8-5-7-21(29(22)34-30(23)24)19-15-17-20(18-16-19)32-25-11-1-3-13-27(25)35-28-14-4-2-12-26(28)32/h1-18,31,33H. The number of nitrogens with zero attached hydrogens (tertiary/aromatic N) is 1. The summed E-state index contributed by atoms with van der Waals surface area (Å²) >= 11 is 1.82. The van der Waals surface area contributed by atoms with E-state index in [1.54, 1.807) is 0 Å². The lowest BCUT2D eigenvalue weighted by Crippen LogP contribution is -2.14. The van der Waals surface area contributed by atoms with Crippen molar-refractivity contribution in [2.45, 2.75) is 9.79 Å². The van der Waals surface area contributed by atoms with E-state index < -0.39 is 0 Å². The average Bonchev–Trinajstić information content (AvgIpc) is 3.31. The Morgan fingerprint density at radius 2 is 1.26 bits per heavy atom. The van der Waals surface area contributed by atoms with Gasteiger partial charge in [-0.1, -0.05) is 84.6 Å². The zero-order chi connectivity index (χ0) is 23.4. The van der Waals surface area contributed by atoms with Crippen LogP contribution in [-0.2, 0) is 0 Å². The van der Waals surface area contributed by atoms with E-state index in [4.69, 9.17) is 4.42 Å². The smallest absolute Gasteiger partial charge is 0.308 e. The van der Waals surface area contributed by atoms with Crippen LogP contribution >= 0.6 is 11.8 Å². The van der Waals surface area contributed by atoms with Gasteiger partial charge in [0.05, 0.1) is 11.4 Å². The van der Waals surface area contributed by atoms with Crippen LogP contribution in [0.5, 0.6) is 0 Å². The second-order valence-corrected chi connectivity index (χ2v) is 9.74. The van der Waals surface area contributed by atoms with Crippen molar-refractivity contribution in [2.24, 2.45) is 0 Å². The summed E-state index contributed by atoms with van der Waals surface area (Å²) in [4.78, 5) is 4.84. The second kappa shape index (κ2) is 8.09. The summed E-state index contributed by atoms with van der Waals surface area (Å²) in [5.74, 6) is 0. The fraction of sp³-hybridized carbons (Fsp3) is 0. The molecule has 2 heterocycles. The Morgan fingerprint density at radius 3 is 1.94 bits per heavy atom. The molecule has 0 fully saturated rings. The highest BCUT2D eigenvalue weighted by molar-refractivity contribution is 7.99. The molecule has 3 nitrogen and oxygen atoms in total. The van der Waals surface area contributed by atoms with E-state index in [2.05, 4.69) is 102 Å². The minimum atomic E-state index is -0.0434. The molecule has 6 aromatic rings. The van der Waals surface area contributed by atoms with Gasteiger partial charge >= 0.3 is 7.48 Å². The first-order valence-corrected chi connectivity index (χ1v) is 12.4. The Kier molecular flexibility index (Phi) is 4.72. The Balaban J connectivity index is 1.36. The Morgan fingerprint density at radius 1 is 0.629 bits per heavy atom. The summed E-state index contributed by atoms with van der Waals surface area (Å²) < 4.78 is 6.33. The first-order chi connectivity index (χ1) is 17.3. The van der Waals surface area contributed by atoms with E-state index in [1.165, 1.54) is 21.2 Å². The van der Waals surface area contributed by atoms with E-state index in [0.29, 0.717) is 0 Å². The zero-order valence-electron chi connectivity index (χ0n) is 18.8. The number of para-hydroxylation sites is 4. The third-order valence-electron chi connectivity index (χ3n) is 6.64. The quantitative estimate of drug-likeness (QED) is 0.279. The first-order valence-electron chi connectivity index (χ1n) is 11.6. The van der Waals surface area contributed by atoms with Gasteiger partial charge < -0.3 is 14.3 Å². The summed E-state index contributed by atoms with van der Waals surface area (Å²) in [5.41, 5.74) is 8.06. The van der Waals surface area contributed by atoms with E-state index in [0.717, 1.165) is 44.2 Å². The van der Waals surface area contributed by atoms with Gasteiger partial charge in [0, 0.05) is 31.8 Å². The zero-order valence-corrected chi connectivity index (χ0v) is 19.6. The minimum absolute atomic E-state index is 0.0434. The molecule has 0 radical (unpaired) electrons. The molecule has 5 heteroatoms. The molecular formula is C30H20BNO2S. The Labute approximate surface area is 207 Å². The molecule has 35 heavy (non-hydrogen) atoms. The molecule has 0 atom stereocenters. The summed E-state index contributed by atoms with van der Waals surface area (Å²) in [6.07, 6.45) is 0. The minimum Gasteiger partial charge on any atom is -0.456 e. The fourth-order valence-corrected chi connectivity index (χ4v) is 6.06. The fourth-order valence-electron chi connectivity index (χ4n) is 5.00. The molecule has 1 aromatic heterocycles. The van der Waals surface area contributed by atoms with Crippen molar-refractivity contribution in [3.05, 3.63) is 109 Å². The molecule has 0 saturated heterocycles. The molecule has 0 aliphatic carbocycles. The van der Waals surface area contributed by atoms with Gasteiger partial charge in [0.15, 0.2) is 0 Å². The highest BCUT2D eigenvalue weighted by atomic mass is 32.2. The molecule has 1 aliphatic heterocycles. The first kappa shape index (κ1) is 20.4. The third kappa shape index (κ3) is 3.20. The van der Waals surface area contributed by atoms with Crippen molar-refractivity contribution in [1.29, 1.82) is 0 Å². The summed E-state index contributed by atoms with van der Waals surface area (Å²) in [5, 5.41) is 11.9. The molecular weight excluding hydrogens is 449 g/mol. The maximum Gasteiger partial charge on any atom is 0.308 e. The molecule has 166 valence electrons. The number of hydrogen-bond acceptors (Lipinski definition) is 4. The van der Waals surface area contributed by atoms with Gasteiger partial charge in [-0.15, -0.1) is 0 Å². The van der Waals surface area contributed by atoms with E-state index >= 15 is 0 Å². The van der Waals surface area contributed by atoms with Crippen LogP contribution < -0.4 is 10.4 Å². The molecule has 0 saturated carbocycles. The van der Waals surface area contributed by atoms with Crippen LogP contribution in [0.3, 0.4) is 0 Å². The average molecular weight is 469 g/mol. The van der Waals surface area contributed by atoms with Crippen LogP contribution in [0, 0.1) is 0 Å². The molecule has 5 aromatic carbocycles. The highest BCUT2D eigenvalue weighted by Gasteiger charge is 2.24. The van der Waals surface area contributed by atoms with Crippen molar-refractivity contribution in [3.8, 4) is 11.1 Å². The largest absolute Gasteiger partial charge is 0.456 e. The number of hydrogen-bond donors (Lipinski definition) is 1. The van der Waals surface area contributed by atoms with Crippen molar-refractivity contribution < 1.29 is 9.44 Å². The number of anilines is 3. The Bertz CT molecular complexity index is 1680. The van der Waals surface area contributed by atoms with Crippen LogP contribution in [0.2, 0.25) is 0 Å². The van der Waals surface area contributed by atoms with Gasteiger partial charge in [-0.05, 0) is 47.4 Å². The topological polar surface area (TPSA) is 36.6 Å². The van der Waals surface area contributed by atoms with Crippen LogP contribution in [-0.4, -0.2) is 12.5 Å². The SMILES string of the molecule is OBc1cccc2c1oc1c(-c3ccc(N4c5ccccc5Sc5ccccc54)cc3)cccc12. The van der Waals surface area contributed by atoms with E-state index in [-0.39, 0.29) is 7.48 Å². The maximum atomic E-state index is 9.77. The predicted octanol–water partition coefficient (Wildman–Crippen LogP) is 7.16. The molecule has 0 spiro atoms. The van der Waals surface area contributed by atoms with Crippen LogP contribution in [0.4, 0.5) is 17.1 Å². The molecule has 0 unspecified atom stereocenters. The number of fused-ring (bicyclic) bond motifs is 5. The lowest BCUT2D eigenvalue weighted by Gasteiger charge is -2.32. The van der Waals surface area contributed by atoms with Crippen LogP contribution in [0.15, 0.2) is 123 Å². The summed E-state index contributed by atoms with van der Waals surface area (Å²) in [6, 6.07) is 38.0. The van der Waals surface area contributed by atoms with Gasteiger partial charge in [-0.3, -0.25) is 0 Å². The van der Waals surface area contributed by atoms with Gasteiger partial charge in [-0.2, -0.15) is 0 Å². The van der Waals surface area contributed by atoms with Gasteiger partial charge in [0.25, 0.3) is 0 Å². The van der Waals surface area contributed by atoms with Crippen molar-refractivity contribution in [2.75, 3.05) is 4.90 Å². The highest BCUT2D eigenvalue weighted by Crippen LogP contribution is 2.51. The van der Waals surface area contributed by atoms with Gasteiger partial charge in [0.1, 0.15) is 11.2 Å². The van der Waals surface area contributed by atoms with Crippen molar-refractivity contribution >= 4 is 63.7 Å². The van der Waals surface area contributed by atoms with Crippen LogP contribution in [0.25, 0.3) is 33.1 Å². The maximum absolute atomic E-state index is 9.77. The number of furan rings is 1. The van der Waals surface area contributed by atoms with Crippen LogP contribution in [0.1, 0.15) is 0 Å². The van der Waals surface area contributed by atoms with Crippen molar-refractivity contribution in [3.63, 3.8) is 0 Å². The molecule has 0 amide bonds. The van der Waals surface area contributed by atoms with E-state index in [1.807, 2.05) is 23.9 Å². The van der Waals surface area contributed by atoms with Crippen molar-refractivity contribution in [1.82, 2.24) is 0 Å². The summed E-state index contributed by atoms with van der Waals surface area (Å²) in [7, 11) is -0.0434. The monoisotopic (exact) mass is 469 g/mol. The number of benzene rings is 5.